The Morgan fingerprint density at radius 1 is 0.885 bits per heavy atom. The molecule has 8 nitrogen and oxygen atoms in total. The Labute approximate surface area is 151 Å². The van der Waals surface area contributed by atoms with Crippen LogP contribution in [0.1, 0.15) is 0 Å². The molecule has 0 saturated carbocycles. The number of hydrogen-bond donors (Lipinski definition) is 6. The van der Waals surface area contributed by atoms with Crippen molar-refractivity contribution in [1.29, 1.82) is 0 Å². The van der Waals surface area contributed by atoms with E-state index in [2.05, 4.69) is 21.1 Å². The molecule has 0 heterocycles. The van der Waals surface area contributed by atoms with Crippen molar-refractivity contribution in [2.24, 2.45) is 10.2 Å². The van der Waals surface area contributed by atoms with Crippen LogP contribution in [0.4, 0.5) is 11.4 Å². The van der Waals surface area contributed by atoms with E-state index < -0.39 is 24.9 Å². The summed E-state index contributed by atoms with van der Waals surface area (Å²) in [6.45, 7) is -0.697. The second-order valence-corrected chi connectivity index (χ2v) is 5.44. The van der Waals surface area contributed by atoms with E-state index in [-0.39, 0.29) is 5.71 Å². The molecule has 0 amide bonds. The van der Waals surface area contributed by atoms with Crippen LogP contribution >= 0.6 is 0 Å². The van der Waals surface area contributed by atoms with Crippen molar-refractivity contribution in [3.8, 4) is 0 Å². The highest BCUT2D eigenvalue weighted by molar-refractivity contribution is 6.33. The molecule has 138 valence electrons. The normalized spacial score (nSPS) is 15.5. The molecule has 26 heavy (non-hydrogen) atoms. The predicted octanol–water partition coefficient (Wildman–Crippen LogP) is 0.627. The van der Waals surface area contributed by atoms with Gasteiger partial charge in [0.15, 0.2) is 0 Å². The summed E-state index contributed by atoms with van der Waals surface area (Å²) in [5.41, 5.74) is 6.87. The van der Waals surface area contributed by atoms with Gasteiger partial charge in [-0.25, -0.2) is 0 Å². The molecule has 2 rings (SSSR count). The summed E-state index contributed by atoms with van der Waals surface area (Å²) in [5.74, 6) is 0. The fraction of sp³-hybridized carbons (Fsp3) is 0.222. The van der Waals surface area contributed by atoms with Crippen molar-refractivity contribution in [3.05, 3.63) is 60.7 Å². The number of nitrogens with one attached hydrogen (secondary N) is 2. The summed E-state index contributed by atoms with van der Waals surface area (Å²) in [5, 5.41) is 46.7. The van der Waals surface area contributed by atoms with Gasteiger partial charge in [0.2, 0.25) is 0 Å². The Bertz CT molecular complexity index is 710. The molecule has 0 aliphatic heterocycles. The van der Waals surface area contributed by atoms with Crippen LogP contribution in [-0.4, -0.2) is 57.3 Å². The summed E-state index contributed by atoms with van der Waals surface area (Å²) in [4.78, 5) is 0. The summed E-state index contributed by atoms with van der Waals surface area (Å²) in [7, 11) is 0. The zero-order valence-electron chi connectivity index (χ0n) is 14.0. The number of benzene rings is 2. The monoisotopic (exact) mass is 358 g/mol. The Kier molecular flexibility index (Phi) is 7.72. The third-order valence-electron chi connectivity index (χ3n) is 3.46. The molecule has 0 aliphatic rings. The van der Waals surface area contributed by atoms with Crippen LogP contribution in [0, 0.1) is 0 Å². The van der Waals surface area contributed by atoms with Crippen LogP contribution in [0.5, 0.6) is 0 Å². The Morgan fingerprint density at radius 2 is 1.42 bits per heavy atom. The molecule has 2 aromatic carbocycles. The van der Waals surface area contributed by atoms with Crippen molar-refractivity contribution in [2.75, 3.05) is 17.5 Å². The van der Waals surface area contributed by atoms with E-state index in [0.717, 1.165) is 5.69 Å². The Hall–Kier alpha value is -2.78. The van der Waals surface area contributed by atoms with Gasteiger partial charge in [0.25, 0.3) is 0 Å². The predicted molar refractivity (Wildman–Crippen MR) is 101 cm³/mol. The van der Waals surface area contributed by atoms with Gasteiger partial charge in [0.05, 0.1) is 24.2 Å². The smallest absolute Gasteiger partial charge is 0.128 e. The van der Waals surface area contributed by atoms with E-state index in [1.807, 2.05) is 36.4 Å². The standard InChI is InChI=1S/C18H22N4O4/c23-12-16(24)18(26)17(25)15(22-21-14-9-5-2-6-10-14)11-19-20-13-7-3-1-4-8-13/h1-11,16-18,20-21,23-26H,12H2. The van der Waals surface area contributed by atoms with Crippen molar-refractivity contribution in [2.45, 2.75) is 18.3 Å². The first-order chi connectivity index (χ1) is 12.6. The molecule has 0 fully saturated rings. The molecule has 2 aromatic rings. The van der Waals surface area contributed by atoms with Gasteiger partial charge in [-0.3, -0.25) is 10.9 Å². The molecule has 8 heteroatoms. The van der Waals surface area contributed by atoms with Crippen molar-refractivity contribution >= 4 is 23.3 Å². The molecule has 0 bridgehead atoms. The third kappa shape index (κ3) is 5.94. The van der Waals surface area contributed by atoms with Gasteiger partial charge in [-0.15, -0.1) is 0 Å². The van der Waals surface area contributed by atoms with Gasteiger partial charge in [0, 0.05) is 0 Å². The SMILES string of the molecule is OCC(O)C(O)C(O)C(C=NNc1ccccc1)=NNc1ccccc1. The van der Waals surface area contributed by atoms with Crippen LogP contribution in [0.25, 0.3) is 0 Å². The van der Waals surface area contributed by atoms with Crippen molar-refractivity contribution in [3.63, 3.8) is 0 Å². The molecular weight excluding hydrogens is 336 g/mol. The topological polar surface area (TPSA) is 130 Å². The zero-order valence-corrected chi connectivity index (χ0v) is 14.0. The molecule has 0 aromatic heterocycles. The fourth-order valence-electron chi connectivity index (χ4n) is 1.99. The number of para-hydroxylation sites is 2. The van der Waals surface area contributed by atoms with Crippen LogP contribution in [0.2, 0.25) is 0 Å². The van der Waals surface area contributed by atoms with Crippen molar-refractivity contribution < 1.29 is 20.4 Å². The molecule has 0 aliphatic carbocycles. The maximum Gasteiger partial charge on any atom is 0.128 e. The molecule has 3 unspecified atom stereocenters. The maximum absolute atomic E-state index is 10.2. The van der Waals surface area contributed by atoms with Crippen LogP contribution in [0.15, 0.2) is 70.9 Å². The Balaban J connectivity index is 2.14. The fourth-order valence-corrected chi connectivity index (χ4v) is 1.99. The molecular formula is C18H22N4O4. The minimum atomic E-state index is -1.63. The van der Waals surface area contributed by atoms with E-state index in [1.54, 1.807) is 24.3 Å². The van der Waals surface area contributed by atoms with Crippen molar-refractivity contribution in [1.82, 2.24) is 0 Å². The van der Waals surface area contributed by atoms with E-state index in [0.29, 0.717) is 5.69 Å². The molecule has 0 radical (unpaired) electrons. The van der Waals surface area contributed by atoms with Crippen LogP contribution < -0.4 is 10.9 Å². The lowest BCUT2D eigenvalue weighted by atomic mass is 10.0. The van der Waals surface area contributed by atoms with Gasteiger partial charge in [-0.1, -0.05) is 36.4 Å². The van der Waals surface area contributed by atoms with Gasteiger partial charge in [-0.2, -0.15) is 10.2 Å². The Morgan fingerprint density at radius 3 is 1.96 bits per heavy atom. The number of rotatable bonds is 9. The lowest BCUT2D eigenvalue weighted by Gasteiger charge is -2.21. The second-order valence-electron chi connectivity index (χ2n) is 5.44. The van der Waals surface area contributed by atoms with Gasteiger partial charge in [-0.05, 0) is 24.3 Å². The zero-order chi connectivity index (χ0) is 18.8. The van der Waals surface area contributed by atoms with E-state index in [4.69, 9.17) is 5.11 Å². The minimum Gasteiger partial charge on any atom is -0.394 e. The first-order valence-electron chi connectivity index (χ1n) is 7.99. The quantitative estimate of drug-likeness (QED) is 0.288. The number of anilines is 2. The molecule has 0 saturated heterocycles. The van der Waals surface area contributed by atoms with Gasteiger partial charge >= 0.3 is 0 Å². The lowest BCUT2D eigenvalue weighted by Crippen LogP contribution is -2.44. The average Bonchev–Trinajstić information content (AvgIpc) is 2.70. The second kappa shape index (κ2) is 10.3. The minimum absolute atomic E-state index is 0.0303. The highest BCUT2D eigenvalue weighted by Crippen LogP contribution is 2.08. The maximum atomic E-state index is 10.2. The third-order valence-corrected chi connectivity index (χ3v) is 3.46. The first-order valence-corrected chi connectivity index (χ1v) is 7.99. The number of aliphatic hydroxyl groups excluding tert-OH is 4. The number of aliphatic hydroxyl groups is 4. The van der Waals surface area contributed by atoms with E-state index in [1.165, 1.54) is 6.21 Å². The van der Waals surface area contributed by atoms with E-state index in [9.17, 15) is 15.3 Å². The molecule has 6 N–H and O–H groups in total. The van der Waals surface area contributed by atoms with Gasteiger partial charge in [0.1, 0.15) is 24.0 Å². The highest BCUT2D eigenvalue weighted by atomic mass is 16.4. The summed E-state index contributed by atoms with van der Waals surface area (Å²) in [6, 6.07) is 18.1. The summed E-state index contributed by atoms with van der Waals surface area (Å²) >= 11 is 0. The summed E-state index contributed by atoms with van der Waals surface area (Å²) < 4.78 is 0. The molecule has 0 spiro atoms. The lowest BCUT2D eigenvalue weighted by molar-refractivity contribution is -0.0548. The number of nitrogens with zero attached hydrogens (tertiary/aromatic N) is 2. The largest absolute Gasteiger partial charge is 0.394 e. The first kappa shape index (κ1) is 19.5. The highest BCUT2D eigenvalue weighted by Gasteiger charge is 2.27. The van der Waals surface area contributed by atoms with Crippen LogP contribution in [-0.2, 0) is 0 Å². The van der Waals surface area contributed by atoms with Crippen LogP contribution in [0.3, 0.4) is 0 Å². The van der Waals surface area contributed by atoms with Gasteiger partial charge < -0.3 is 20.4 Å². The summed E-state index contributed by atoms with van der Waals surface area (Å²) in [6.07, 6.45) is -3.47. The number of hydrazone groups is 2. The molecule has 3 atom stereocenters. The van der Waals surface area contributed by atoms with E-state index >= 15 is 0 Å². The number of hydrogen-bond acceptors (Lipinski definition) is 8. The average molecular weight is 358 g/mol.